The van der Waals surface area contributed by atoms with E-state index in [1.807, 2.05) is 30.3 Å². The number of hydrogen-bond acceptors (Lipinski definition) is 5. The van der Waals surface area contributed by atoms with Crippen molar-refractivity contribution in [2.24, 2.45) is 17.1 Å². The van der Waals surface area contributed by atoms with Crippen LogP contribution in [0.25, 0.3) is 0 Å². The van der Waals surface area contributed by atoms with E-state index in [1.54, 1.807) is 20.8 Å². The first kappa shape index (κ1) is 24.1. The largest absolute Gasteiger partial charge is 0.390 e. The fraction of sp³-hybridized carbons (Fsp3) is 0.579. The second-order valence-corrected chi connectivity index (χ2v) is 9.81. The molecular formula is C19H31N3O5S. The highest BCUT2D eigenvalue weighted by molar-refractivity contribution is 7.88. The predicted octanol–water partition coefficient (Wildman–Crippen LogP) is 0.114. The Morgan fingerprint density at radius 1 is 1.25 bits per heavy atom. The van der Waals surface area contributed by atoms with Gasteiger partial charge in [0.2, 0.25) is 21.8 Å². The highest BCUT2D eigenvalue weighted by Gasteiger charge is 2.38. The minimum absolute atomic E-state index is 0.176. The molecule has 0 aromatic heterocycles. The lowest BCUT2D eigenvalue weighted by Crippen LogP contribution is -2.53. The second kappa shape index (κ2) is 9.49. The maximum atomic E-state index is 12.7. The average Bonchev–Trinajstić information content (AvgIpc) is 2.60. The molecule has 0 saturated heterocycles. The van der Waals surface area contributed by atoms with Crippen LogP contribution in [0, 0.1) is 11.3 Å². The zero-order valence-electron chi connectivity index (χ0n) is 17.0. The van der Waals surface area contributed by atoms with Crippen molar-refractivity contribution >= 4 is 21.8 Å². The normalized spacial score (nSPS) is 15.7. The Bertz CT molecular complexity index is 780. The van der Waals surface area contributed by atoms with Crippen molar-refractivity contribution in [1.29, 1.82) is 0 Å². The van der Waals surface area contributed by atoms with Crippen molar-refractivity contribution in [3.63, 3.8) is 0 Å². The number of benzene rings is 1. The second-order valence-electron chi connectivity index (χ2n) is 7.72. The minimum Gasteiger partial charge on any atom is -0.390 e. The quantitative estimate of drug-likeness (QED) is 0.501. The molecule has 0 bridgehead atoms. The van der Waals surface area contributed by atoms with Gasteiger partial charge in [-0.25, -0.2) is 12.7 Å². The van der Waals surface area contributed by atoms with Gasteiger partial charge in [0, 0.05) is 19.5 Å². The molecule has 0 radical (unpaired) electrons. The van der Waals surface area contributed by atoms with E-state index in [-0.39, 0.29) is 6.54 Å². The third kappa shape index (κ3) is 6.57. The summed E-state index contributed by atoms with van der Waals surface area (Å²) in [5.74, 6) is -1.78. The third-order valence-corrected chi connectivity index (χ3v) is 6.49. The summed E-state index contributed by atoms with van der Waals surface area (Å²) in [7, 11) is -2.12. The highest BCUT2D eigenvalue weighted by atomic mass is 32.2. The van der Waals surface area contributed by atoms with Gasteiger partial charge in [-0.15, -0.1) is 0 Å². The minimum atomic E-state index is -3.48. The summed E-state index contributed by atoms with van der Waals surface area (Å²) < 4.78 is 24.3. The number of nitrogens with zero attached hydrogens (tertiary/aromatic N) is 1. The summed E-state index contributed by atoms with van der Waals surface area (Å²) in [6.45, 7) is 4.58. The Morgan fingerprint density at radius 3 is 2.25 bits per heavy atom. The van der Waals surface area contributed by atoms with E-state index in [0.717, 1.165) is 16.1 Å². The monoisotopic (exact) mass is 413 g/mol. The number of carbonyl (C=O) groups excluding carboxylic acids is 2. The Hall–Kier alpha value is -1.97. The molecule has 1 aromatic rings. The zero-order valence-corrected chi connectivity index (χ0v) is 17.9. The molecule has 0 aliphatic rings. The number of rotatable bonds is 10. The van der Waals surface area contributed by atoms with E-state index >= 15 is 0 Å². The lowest BCUT2D eigenvalue weighted by atomic mass is 9.78. The molecule has 1 rings (SSSR count). The van der Waals surface area contributed by atoms with Crippen molar-refractivity contribution in [3.8, 4) is 0 Å². The van der Waals surface area contributed by atoms with Gasteiger partial charge in [0.15, 0.2) is 0 Å². The Labute approximate surface area is 167 Å². The topological polar surface area (TPSA) is 130 Å². The average molecular weight is 414 g/mol. The molecule has 158 valence electrons. The predicted molar refractivity (Wildman–Crippen MR) is 108 cm³/mol. The molecule has 3 atom stereocenters. The molecule has 1 aromatic carbocycles. The SMILES string of the molecule is CC(C(=O)NC(Cc1ccccc1)C(O)CN(C)S(C)(=O)=O)C(C)(C)C(N)=O. The van der Waals surface area contributed by atoms with Crippen molar-refractivity contribution in [3.05, 3.63) is 35.9 Å². The van der Waals surface area contributed by atoms with Crippen LogP contribution in [0.2, 0.25) is 0 Å². The number of sulfonamides is 1. The molecule has 0 spiro atoms. The first-order valence-corrected chi connectivity index (χ1v) is 10.8. The van der Waals surface area contributed by atoms with Crippen LogP contribution in [0.5, 0.6) is 0 Å². The first-order chi connectivity index (χ1) is 12.8. The van der Waals surface area contributed by atoms with Crippen molar-refractivity contribution < 1.29 is 23.1 Å². The number of hydrogen-bond donors (Lipinski definition) is 3. The molecular weight excluding hydrogens is 382 g/mol. The van der Waals surface area contributed by atoms with Crippen molar-refractivity contribution in [2.75, 3.05) is 19.8 Å². The van der Waals surface area contributed by atoms with E-state index in [4.69, 9.17) is 5.73 Å². The van der Waals surface area contributed by atoms with Crippen LogP contribution in [0.3, 0.4) is 0 Å². The van der Waals surface area contributed by atoms with Gasteiger partial charge in [-0.05, 0) is 12.0 Å². The van der Waals surface area contributed by atoms with Crippen LogP contribution in [-0.2, 0) is 26.0 Å². The fourth-order valence-electron chi connectivity index (χ4n) is 2.53. The summed E-state index contributed by atoms with van der Waals surface area (Å²) in [6, 6.07) is 8.48. The lowest BCUT2D eigenvalue weighted by molar-refractivity contribution is -0.138. The number of aliphatic hydroxyl groups excluding tert-OH is 1. The molecule has 0 aliphatic carbocycles. The maximum Gasteiger partial charge on any atom is 0.224 e. The molecule has 9 heteroatoms. The molecule has 0 saturated carbocycles. The number of likely N-dealkylation sites (N-methyl/N-ethyl adjacent to an activating group) is 1. The van der Waals surface area contributed by atoms with Gasteiger partial charge in [-0.3, -0.25) is 9.59 Å². The molecule has 4 N–H and O–H groups in total. The number of nitrogens with two attached hydrogens (primary N) is 1. The molecule has 3 unspecified atom stereocenters. The highest BCUT2D eigenvalue weighted by Crippen LogP contribution is 2.26. The van der Waals surface area contributed by atoms with E-state index in [1.165, 1.54) is 7.05 Å². The summed E-state index contributed by atoms with van der Waals surface area (Å²) in [5.41, 5.74) is 5.19. The Morgan fingerprint density at radius 2 is 1.79 bits per heavy atom. The summed E-state index contributed by atoms with van der Waals surface area (Å²) in [5, 5.41) is 13.4. The zero-order chi connectivity index (χ0) is 21.7. The summed E-state index contributed by atoms with van der Waals surface area (Å²) >= 11 is 0. The standard InChI is InChI=1S/C19H31N3O5S/c1-13(19(2,3)18(20)25)17(24)21-15(11-14-9-7-6-8-10-14)16(23)12-22(4)28(5,26)27/h6-10,13,15-16,23H,11-12H2,1-5H3,(H2,20,25)(H,21,24). The van der Waals surface area contributed by atoms with Gasteiger partial charge in [0.05, 0.1) is 23.8 Å². The maximum absolute atomic E-state index is 12.7. The summed E-state index contributed by atoms with van der Waals surface area (Å²) in [6.07, 6.45) is 0.199. The molecule has 28 heavy (non-hydrogen) atoms. The van der Waals surface area contributed by atoms with Gasteiger partial charge in [-0.2, -0.15) is 0 Å². The van der Waals surface area contributed by atoms with Crippen LogP contribution in [0.15, 0.2) is 30.3 Å². The summed E-state index contributed by atoms with van der Waals surface area (Å²) in [4.78, 5) is 24.4. The van der Waals surface area contributed by atoms with Crippen LogP contribution >= 0.6 is 0 Å². The van der Waals surface area contributed by atoms with Gasteiger partial charge in [0.25, 0.3) is 0 Å². The molecule has 0 fully saturated rings. The lowest BCUT2D eigenvalue weighted by Gasteiger charge is -2.32. The van der Waals surface area contributed by atoms with Crippen LogP contribution in [0.1, 0.15) is 26.3 Å². The molecule has 0 aliphatic heterocycles. The van der Waals surface area contributed by atoms with Crippen LogP contribution in [-0.4, -0.2) is 61.6 Å². The van der Waals surface area contributed by atoms with Gasteiger partial charge in [-0.1, -0.05) is 51.1 Å². The van der Waals surface area contributed by atoms with E-state index in [2.05, 4.69) is 5.32 Å². The Kier molecular flexibility index (Phi) is 8.16. The Balaban J connectivity index is 3.03. The number of amides is 2. The molecule has 2 amide bonds. The fourth-order valence-corrected chi connectivity index (χ4v) is 2.95. The van der Waals surface area contributed by atoms with Crippen LogP contribution < -0.4 is 11.1 Å². The number of carbonyl (C=O) groups is 2. The number of aliphatic hydroxyl groups is 1. The number of primary amides is 1. The first-order valence-electron chi connectivity index (χ1n) is 9.00. The molecule has 0 heterocycles. The third-order valence-electron chi connectivity index (χ3n) is 5.21. The van der Waals surface area contributed by atoms with Gasteiger partial charge >= 0.3 is 0 Å². The van der Waals surface area contributed by atoms with E-state index in [0.29, 0.717) is 6.42 Å². The van der Waals surface area contributed by atoms with Crippen molar-refractivity contribution in [2.45, 2.75) is 39.3 Å². The van der Waals surface area contributed by atoms with E-state index in [9.17, 15) is 23.1 Å². The number of nitrogens with one attached hydrogen (secondary N) is 1. The van der Waals surface area contributed by atoms with Gasteiger partial charge < -0.3 is 16.2 Å². The van der Waals surface area contributed by atoms with Gasteiger partial charge in [0.1, 0.15) is 0 Å². The van der Waals surface area contributed by atoms with Crippen molar-refractivity contribution in [1.82, 2.24) is 9.62 Å². The van der Waals surface area contributed by atoms with Crippen LogP contribution in [0.4, 0.5) is 0 Å². The molecule has 8 nitrogen and oxygen atoms in total. The smallest absolute Gasteiger partial charge is 0.224 e. The van der Waals surface area contributed by atoms with E-state index < -0.39 is 45.3 Å².